The van der Waals surface area contributed by atoms with Crippen LogP contribution in [0, 0.1) is 13.8 Å². The SMILES string of the molecule is CCCc1ccc(C)cc1OCC[N+](C)(C)CCCCCCCCCC[N+](C)(C)CCOc1cc(C)ccc1CCC.[Br-].[Br-]. The number of quaternary nitrogens is 2. The van der Waals surface area contributed by atoms with E-state index >= 15 is 0 Å². The predicted octanol–water partition coefficient (Wildman–Crippen LogP) is 2.95. The summed E-state index contributed by atoms with van der Waals surface area (Å²) < 4.78 is 14.6. The van der Waals surface area contributed by atoms with Gasteiger partial charge in [-0.1, -0.05) is 76.6 Å². The van der Waals surface area contributed by atoms with Crippen LogP contribution in [0.2, 0.25) is 0 Å². The van der Waals surface area contributed by atoms with E-state index in [4.69, 9.17) is 9.47 Å². The number of hydrogen-bond donors (Lipinski definition) is 0. The smallest absolute Gasteiger partial charge is 0.137 e. The van der Waals surface area contributed by atoms with Crippen LogP contribution in [0.1, 0.15) is 100 Å². The summed E-state index contributed by atoms with van der Waals surface area (Å²) in [6, 6.07) is 13.3. The summed E-state index contributed by atoms with van der Waals surface area (Å²) in [5, 5.41) is 0. The molecule has 0 aliphatic heterocycles. The summed E-state index contributed by atoms with van der Waals surface area (Å²) >= 11 is 0. The molecule has 0 amide bonds. The second-order valence-electron chi connectivity index (χ2n) is 14.0. The molecule has 2 rings (SSSR count). The van der Waals surface area contributed by atoms with Crippen LogP contribution in [0.5, 0.6) is 11.5 Å². The third-order valence-corrected chi connectivity index (χ3v) is 8.67. The van der Waals surface area contributed by atoms with Crippen molar-refractivity contribution in [1.29, 1.82) is 0 Å². The number of benzene rings is 2. The highest BCUT2D eigenvalue weighted by Crippen LogP contribution is 2.23. The van der Waals surface area contributed by atoms with E-state index in [0.717, 1.165) is 72.5 Å². The van der Waals surface area contributed by atoms with Crippen molar-refractivity contribution in [3.63, 3.8) is 0 Å². The van der Waals surface area contributed by atoms with E-state index in [9.17, 15) is 0 Å². The summed E-state index contributed by atoms with van der Waals surface area (Å²) in [6.07, 6.45) is 15.3. The molecule has 4 nitrogen and oxygen atoms in total. The van der Waals surface area contributed by atoms with Gasteiger partial charge in [-0.05, 0) is 86.8 Å². The van der Waals surface area contributed by atoms with Gasteiger partial charge in [-0.2, -0.15) is 0 Å². The standard InChI is InChI=1S/C38H66N2O2.2BrH/c1-9-19-35-23-21-33(3)31-37(35)41-29-27-39(5,6)25-17-15-13-11-12-14-16-18-26-40(7,8)28-30-42-38-32-34(4)22-24-36(38)20-10-2;;/h21-24,31-32H,9-20,25-30H2,1-8H3;2*1H/q+2;;/p-2. The number of hydrogen-bond acceptors (Lipinski definition) is 2. The molecule has 0 radical (unpaired) electrons. The fourth-order valence-electron chi connectivity index (χ4n) is 5.71. The van der Waals surface area contributed by atoms with Gasteiger partial charge in [0.1, 0.15) is 37.8 Å². The first-order chi connectivity index (χ1) is 20.0. The molecule has 254 valence electrons. The molecule has 0 aliphatic carbocycles. The normalized spacial score (nSPS) is 11.5. The molecule has 2 aromatic rings. The van der Waals surface area contributed by atoms with Crippen LogP contribution in [-0.4, -0.2) is 76.5 Å². The second kappa shape index (κ2) is 23.3. The van der Waals surface area contributed by atoms with E-state index in [1.54, 1.807) is 0 Å². The van der Waals surface area contributed by atoms with Crippen LogP contribution in [0.3, 0.4) is 0 Å². The van der Waals surface area contributed by atoms with E-state index in [0.29, 0.717) is 0 Å². The maximum atomic E-state index is 6.25. The Morgan fingerprint density at radius 3 is 1.18 bits per heavy atom. The Balaban J connectivity index is 0.00000924. The van der Waals surface area contributed by atoms with Crippen LogP contribution in [-0.2, 0) is 12.8 Å². The van der Waals surface area contributed by atoms with Gasteiger partial charge in [0.25, 0.3) is 0 Å². The average molecular weight is 743 g/mol. The Hall–Kier alpha value is -1.08. The number of nitrogens with zero attached hydrogens (tertiary/aromatic N) is 2. The molecule has 0 fully saturated rings. The Morgan fingerprint density at radius 2 is 0.841 bits per heavy atom. The Morgan fingerprint density at radius 1 is 0.500 bits per heavy atom. The lowest BCUT2D eigenvalue weighted by Crippen LogP contribution is -3.00. The van der Waals surface area contributed by atoms with E-state index in [-0.39, 0.29) is 34.0 Å². The second-order valence-corrected chi connectivity index (χ2v) is 14.0. The third-order valence-electron chi connectivity index (χ3n) is 8.67. The van der Waals surface area contributed by atoms with E-state index in [1.807, 2.05) is 0 Å². The van der Waals surface area contributed by atoms with Crippen molar-refractivity contribution in [1.82, 2.24) is 0 Å². The van der Waals surface area contributed by atoms with Crippen LogP contribution < -0.4 is 43.4 Å². The monoisotopic (exact) mass is 740 g/mol. The molecule has 0 aromatic heterocycles. The lowest BCUT2D eigenvalue weighted by molar-refractivity contribution is -0.890. The summed E-state index contributed by atoms with van der Waals surface area (Å²) in [5.74, 6) is 2.18. The zero-order chi connectivity index (χ0) is 30.8. The van der Waals surface area contributed by atoms with E-state index in [2.05, 4.69) is 92.3 Å². The predicted molar refractivity (Wildman–Crippen MR) is 182 cm³/mol. The highest BCUT2D eigenvalue weighted by atomic mass is 79.9. The zero-order valence-corrected chi connectivity index (χ0v) is 32.8. The van der Waals surface area contributed by atoms with Gasteiger partial charge < -0.3 is 52.4 Å². The largest absolute Gasteiger partial charge is 1.00 e. The summed E-state index contributed by atoms with van der Waals surface area (Å²) in [6.45, 7) is 15.0. The number of ether oxygens (including phenoxy) is 2. The topological polar surface area (TPSA) is 18.5 Å². The zero-order valence-electron chi connectivity index (χ0n) is 29.7. The number of unbranched alkanes of at least 4 members (excludes halogenated alkanes) is 7. The quantitative estimate of drug-likeness (QED) is 0.129. The van der Waals surface area contributed by atoms with Crippen molar-refractivity contribution in [3.05, 3.63) is 58.7 Å². The molecule has 0 atom stereocenters. The van der Waals surface area contributed by atoms with Crippen molar-refractivity contribution >= 4 is 0 Å². The van der Waals surface area contributed by atoms with Gasteiger partial charge >= 0.3 is 0 Å². The lowest BCUT2D eigenvalue weighted by Gasteiger charge is -2.30. The summed E-state index contributed by atoms with van der Waals surface area (Å²) in [4.78, 5) is 0. The molecule has 0 N–H and O–H groups in total. The number of halogens is 2. The first kappa shape index (κ1) is 42.9. The Bertz CT molecular complexity index is 944. The molecule has 0 spiro atoms. The van der Waals surface area contributed by atoms with Crippen molar-refractivity contribution in [2.24, 2.45) is 0 Å². The third kappa shape index (κ3) is 18.2. The maximum absolute atomic E-state index is 6.25. The molecule has 0 heterocycles. The van der Waals surface area contributed by atoms with Crippen LogP contribution in [0.15, 0.2) is 36.4 Å². The van der Waals surface area contributed by atoms with Crippen molar-refractivity contribution in [3.8, 4) is 11.5 Å². The number of likely N-dealkylation sites (N-methyl/N-ethyl adjacent to an activating group) is 2. The summed E-state index contributed by atoms with van der Waals surface area (Å²) in [5.41, 5.74) is 5.25. The molecule has 0 bridgehead atoms. The molecular formula is C38H66Br2N2O2. The van der Waals surface area contributed by atoms with E-state index < -0.39 is 0 Å². The van der Waals surface area contributed by atoms with Crippen molar-refractivity contribution < 1.29 is 52.4 Å². The van der Waals surface area contributed by atoms with Crippen LogP contribution in [0.25, 0.3) is 0 Å². The minimum absolute atomic E-state index is 0. The van der Waals surface area contributed by atoms with Gasteiger partial charge in [-0.3, -0.25) is 0 Å². The van der Waals surface area contributed by atoms with Gasteiger partial charge in [0.2, 0.25) is 0 Å². The molecule has 6 heteroatoms. The summed E-state index contributed by atoms with van der Waals surface area (Å²) in [7, 11) is 9.41. The van der Waals surface area contributed by atoms with Gasteiger partial charge in [-0.25, -0.2) is 0 Å². The van der Waals surface area contributed by atoms with Gasteiger partial charge in [-0.15, -0.1) is 0 Å². The van der Waals surface area contributed by atoms with Crippen LogP contribution >= 0.6 is 0 Å². The molecular weight excluding hydrogens is 676 g/mol. The fraction of sp³-hybridized carbons (Fsp3) is 0.684. The van der Waals surface area contributed by atoms with Crippen molar-refractivity contribution in [2.45, 2.75) is 105 Å². The lowest BCUT2D eigenvalue weighted by atomic mass is 10.1. The Kier molecular flexibility index (Phi) is 22.7. The van der Waals surface area contributed by atoms with Crippen molar-refractivity contribution in [2.75, 3.05) is 67.6 Å². The Labute approximate surface area is 293 Å². The maximum Gasteiger partial charge on any atom is 0.137 e. The minimum atomic E-state index is 0. The molecule has 0 unspecified atom stereocenters. The molecule has 44 heavy (non-hydrogen) atoms. The average Bonchev–Trinajstić information content (AvgIpc) is 2.92. The minimum Gasteiger partial charge on any atom is -1.00 e. The molecule has 0 saturated carbocycles. The first-order valence-electron chi connectivity index (χ1n) is 17.1. The van der Waals surface area contributed by atoms with Gasteiger partial charge in [0.05, 0.1) is 41.3 Å². The highest BCUT2D eigenvalue weighted by molar-refractivity contribution is 5.38. The number of rotatable bonds is 23. The molecule has 0 aliphatic rings. The first-order valence-corrected chi connectivity index (χ1v) is 17.1. The van der Waals surface area contributed by atoms with Gasteiger partial charge in [0, 0.05) is 0 Å². The van der Waals surface area contributed by atoms with Gasteiger partial charge in [0.15, 0.2) is 0 Å². The molecule has 0 saturated heterocycles. The fourth-order valence-corrected chi connectivity index (χ4v) is 5.71. The number of aryl methyl sites for hydroxylation is 4. The van der Waals surface area contributed by atoms with E-state index in [1.165, 1.54) is 86.7 Å². The highest BCUT2D eigenvalue weighted by Gasteiger charge is 2.16. The molecule has 2 aromatic carbocycles. The van der Waals surface area contributed by atoms with Crippen LogP contribution in [0.4, 0.5) is 0 Å².